The molecule has 0 aromatic heterocycles. The molecule has 0 saturated carbocycles. The molecule has 0 spiro atoms. The van der Waals surface area contributed by atoms with Gasteiger partial charge in [0.2, 0.25) is 10.0 Å². The van der Waals surface area contributed by atoms with E-state index in [1.54, 1.807) is 6.07 Å². The van der Waals surface area contributed by atoms with Crippen LogP contribution in [0.4, 0.5) is 5.69 Å². The third kappa shape index (κ3) is 4.65. The van der Waals surface area contributed by atoms with E-state index in [0.29, 0.717) is 5.75 Å². The maximum Gasteiger partial charge on any atom is 0.244 e. The van der Waals surface area contributed by atoms with Crippen LogP contribution in [0.2, 0.25) is 0 Å². The third-order valence-electron chi connectivity index (χ3n) is 6.34. The molecule has 162 valence electrons. The highest BCUT2D eigenvalue weighted by Gasteiger charge is 2.23. The van der Waals surface area contributed by atoms with Gasteiger partial charge in [-0.15, -0.1) is 0 Å². The molecule has 1 aliphatic carbocycles. The molecule has 5 nitrogen and oxygen atoms in total. The number of anilines is 1. The molecule has 1 fully saturated rings. The van der Waals surface area contributed by atoms with E-state index in [9.17, 15) is 8.42 Å². The molecule has 1 aliphatic heterocycles. The van der Waals surface area contributed by atoms with E-state index in [1.807, 2.05) is 18.2 Å². The second kappa shape index (κ2) is 8.98. The number of rotatable bonds is 6. The van der Waals surface area contributed by atoms with E-state index in [4.69, 9.17) is 4.74 Å². The lowest BCUT2D eigenvalue weighted by Crippen LogP contribution is -2.34. The molecule has 2 aromatic carbocycles. The normalized spacial score (nSPS) is 19.4. The number of hydrogen-bond acceptors (Lipinski definition) is 4. The first-order valence-corrected chi connectivity index (χ1v) is 12.5. The first-order valence-electron chi connectivity index (χ1n) is 11.0. The summed E-state index contributed by atoms with van der Waals surface area (Å²) in [4.78, 5) is 2.66. The van der Waals surface area contributed by atoms with Crippen molar-refractivity contribution in [3.8, 4) is 5.75 Å². The highest BCUT2D eigenvalue weighted by Crippen LogP contribution is 2.32. The summed E-state index contributed by atoms with van der Waals surface area (Å²) in [6.45, 7) is 4.74. The standard InChI is InChI=1S/C24H32N2O3S/c1-18-6-5-13-26(17-18)22-11-9-19(10-12-22)16-25-30(27,28)24-15-21-8-4-3-7-20(21)14-23(24)29-2/h9-12,14-15,18,25H,3-8,13,16-17H2,1-2H3/t18-/m1/s1. The quantitative estimate of drug-likeness (QED) is 0.746. The van der Waals surface area contributed by atoms with Crippen molar-refractivity contribution in [3.63, 3.8) is 0 Å². The van der Waals surface area contributed by atoms with Gasteiger partial charge in [0.1, 0.15) is 10.6 Å². The summed E-state index contributed by atoms with van der Waals surface area (Å²) < 4.78 is 34.2. The molecule has 0 amide bonds. The monoisotopic (exact) mass is 428 g/mol. The average molecular weight is 429 g/mol. The van der Waals surface area contributed by atoms with Gasteiger partial charge < -0.3 is 9.64 Å². The Morgan fingerprint density at radius 2 is 1.77 bits per heavy atom. The van der Waals surface area contributed by atoms with E-state index in [-0.39, 0.29) is 11.4 Å². The van der Waals surface area contributed by atoms with E-state index in [0.717, 1.165) is 55.8 Å². The minimum absolute atomic E-state index is 0.240. The Balaban J connectivity index is 1.46. The fourth-order valence-electron chi connectivity index (χ4n) is 4.61. The molecule has 1 saturated heterocycles. The van der Waals surface area contributed by atoms with Crippen LogP contribution in [0.1, 0.15) is 49.3 Å². The summed E-state index contributed by atoms with van der Waals surface area (Å²) in [5.41, 5.74) is 4.50. The van der Waals surface area contributed by atoms with Crippen LogP contribution in [0.5, 0.6) is 5.75 Å². The smallest absolute Gasteiger partial charge is 0.244 e. The van der Waals surface area contributed by atoms with E-state index in [1.165, 1.54) is 31.2 Å². The number of benzene rings is 2. The zero-order valence-corrected chi connectivity index (χ0v) is 18.8. The first-order chi connectivity index (χ1) is 14.5. The highest BCUT2D eigenvalue weighted by atomic mass is 32.2. The molecule has 6 heteroatoms. The molecule has 0 unspecified atom stereocenters. The van der Waals surface area contributed by atoms with Crippen molar-refractivity contribution in [1.29, 1.82) is 0 Å². The topological polar surface area (TPSA) is 58.6 Å². The highest BCUT2D eigenvalue weighted by molar-refractivity contribution is 7.89. The van der Waals surface area contributed by atoms with Gasteiger partial charge in [0.15, 0.2) is 0 Å². The molecule has 2 aliphatic rings. The number of piperidine rings is 1. The summed E-state index contributed by atoms with van der Waals surface area (Å²) in [5.74, 6) is 1.15. The largest absolute Gasteiger partial charge is 0.495 e. The molecule has 4 rings (SSSR count). The predicted molar refractivity (Wildman–Crippen MR) is 121 cm³/mol. The molecular formula is C24H32N2O3S. The van der Waals surface area contributed by atoms with Crippen LogP contribution >= 0.6 is 0 Å². The second-order valence-electron chi connectivity index (χ2n) is 8.66. The number of nitrogens with zero attached hydrogens (tertiary/aromatic N) is 1. The van der Waals surface area contributed by atoms with Gasteiger partial charge in [-0.25, -0.2) is 13.1 Å². The molecule has 2 aromatic rings. The second-order valence-corrected chi connectivity index (χ2v) is 10.4. The number of fused-ring (bicyclic) bond motifs is 1. The van der Waals surface area contributed by atoms with Crippen molar-refractivity contribution in [3.05, 3.63) is 53.1 Å². The van der Waals surface area contributed by atoms with Gasteiger partial charge in [-0.1, -0.05) is 19.1 Å². The SMILES string of the molecule is COc1cc2c(cc1S(=O)(=O)NCc1ccc(N3CCC[C@@H](C)C3)cc1)CCCC2. The van der Waals surface area contributed by atoms with Gasteiger partial charge in [-0.2, -0.15) is 0 Å². The number of aryl methyl sites for hydroxylation is 2. The Kier molecular flexibility index (Phi) is 6.34. The molecule has 0 radical (unpaired) electrons. The van der Waals surface area contributed by atoms with Crippen LogP contribution in [-0.2, 0) is 29.4 Å². The summed E-state index contributed by atoms with van der Waals surface area (Å²) >= 11 is 0. The van der Waals surface area contributed by atoms with Gasteiger partial charge in [0.05, 0.1) is 7.11 Å². The van der Waals surface area contributed by atoms with Gasteiger partial charge in [0, 0.05) is 25.3 Å². The lowest BCUT2D eigenvalue weighted by atomic mass is 9.92. The zero-order chi connectivity index (χ0) is 21.1. The Labute approximate surface area is 180 Å². The maximum absolute atomic E-state index is 13.0. The lowest BCUT2D eigenvalue weighted by molar-refractivity contribution is 0.401. The average Bonchev–Trinajstić information content (AvgIpc) is 2.77. The number of nitrogens with one attached hydrogen (secondary N) is 1. The molecule has 1 N–H and O–H groups in total. The molecular weight excluding hydrogens is 396 g/mol. The number of sulfonamides is 1. The van der Waals surface area contributed by atoms with Crippen LogP contribution in [0.15, 0.2) is 41.3 Å². The van der Waals surface area contributed by atoms with Crippen LogP contribution in [0.25, 0.3) is 0 Å². The van der Waals surface area contributed by atoms with Crippen LogP contribution in [-0.4, -0.2) is 28.6 Å². The molecule has 1 heterocycles. The number of ether oxygens (including phenoxy) is 1. The van der Waals surface area contributed by atoms with Crippen molar-refractivity contribution in [2.75, 3.05) is 25.1 Å². The van der Waals surface area contributed by atoms with Crippen molar-refractivity contribution in [2.45, 2.75) is 56.9 Å². The Hall–Kier alpha value is -2.05. The van der Waals surface area contributed by atoms with Gasteiger partial charge >= 0.3 is 0 Å². The summed E-state index contributed by atoms with van der Waals surface area (Å²) in [6, 6.07) is 11.9. The van der Waals surface area contributed by atoms with Crippen molar-refractivity contribution >= 4 is 15.7 Å². The zero-order valence-electron chi connectivity index (χ0n) is 18.0. The summed E-state index contributed by atoms with van der Waals surface area (Å²) in [5, 5.41) is 0. The fourth-order valence-corrected chi connectivity index (χ4v) is 5.83. The minimum Gasteiger partial charge on any atom is -0.495 e. The Bertz CT molecular complexity index is 986. The Morgan fingerprint density at radius 1 is 1.07 bits per heavy atom. The predicted octanol–water partition coefficient (Wildman–Crippen LogP) is 4.29. The van der Waals surface area contributed by atoms with Gasteiger partial charge in [-0.3, -0.25) is 0 Å². The summed E-state index contributed by atoms with van der Waals surface area (Å²) in [6.07, 6.45) is 6.69. The first kappa shape index (κ1) is 21.2. The number of hydrogen-bond donors (Lipinski definition) is 1. The lowest BCUT2D eigenvalue weighted by Gasteiger charge is -2.32. The number of methoxy groups -OCH3 is 1. The minimum atomic E-state index is -3.66. The van der Waals surface area contributed by atoms with E-state index >= 15 is 0 Å². The molecule has 30 heavy (non-hydrogen) atoms. The Morgan fingerprint density at radius 3 is 2.43 bits per heavy atom. The summed E-state index contributed by atoms with van der Waals surface area (Å²) in [7, 11) is -2.13. The van der Waals surface area contributed by atoms with Crippen molar-refractivity contribution in [2.24, 2.45) is 5.92 Å². The van der Waals surface area contributed by atoms with Crippen molar-refractivity contribution in [1.82, 2.24) is 4.72 Å². The molecule has 1 atom stereocenters. The van der Waals surface area contributed by atoms with Crippen molar-refractivity contribution < 1.29 is 13.2 Å². The van der Waals surface area contributed by atoms with Gasteiger partial charge in [0.25, 0.3) is 0 Å². The fraction of sp³-hybridized carbons (Fsp3) is 0.500. The maximum atomic E-state index is 13.0. The van der Waals surface area contributed by atoms with Gasteiger partial charge in [-0.05, 0) is 85.4 Å². The van der Waals surface area contributed by atoms with E-state index in [2.05, 4.69) is 28.7 Å². The van der Waals surface area contributed by atoms with Crippen LogP contribution < -0.4 is 14.4 Å². The third-order valence-corrected chi connectivity index (χ3v) is 7.76. The van der Waals surface area contributed by atoms with E-state index < -0.39 is 10.0 Å². The van der Waals surface area contributed by atoms with Crippen LogP contribution in [0.3, 0.4) is 0 Å². The van der Waals surface area contributed by atoms with Crippen LogP contribution in [0, 0.1) is 5.92 Å². The molecule has 0 bridgehead atoms.